The summed E-state index contributed by atoms with van der Waals surface area (Å²) in [6.07, 6.45) is 1.51. The van der Waals surface area contributed by atoms with Gasteiger partial charge < -0.3 is 14.6 Å². The number of hydrogen-bond acceptors (Lipinski definition) is 7. The molecule has 0 aliphatic heterocycles. The fourth-order valence-electron chi connectivity index (χ4n) is 2.42. The van der Waals surface area contributed by atoms with Crippen LogP contribution in [0.3, 0.4) is 0 Å². The molecule has 29 heavy (non-hydrogen) atoms. The molecule has 0 saturated carbocycles. The van der Waals surface area contributed by atoms with E-state index in [2.05, 4.69) is 15.5 Å². The van der Waals surface area contributed by atoms with Crippen LogP contribution in [0.1, 0.15) is 15.9 Å². The number of hydrogen-bond donors (Lipinski definition) is 1. The minimum absolute atomic E-state index is 0.165. The fourth-order valence-corrected chi connectivity index (χ4v) is 3.27. The number of aromatic nitrogens is 3. The van der Waals surface area contributed by atoms with Gasteiger partial charge in [-0.1, -0.05) is 17.7 Å². The highest BCUT2D eigenvalue weighted by atomic mass is 32.2. The highest BCUT2D eigenvalue weighted by Crippen LogP contribution is 2.34. The van der Waals surface area contributed by atoms with E-state index in [1.165, 1.54) is 18.5 Å². The number of rotatable bonds is 8. The first-order chi connectivity index (χ1) is 13.9. The monoisotopic (exact) mass is 413 g/mol. The smallest absolute Gasteiger partial charge is 0.284 e. The van der Waals surface area contributed by atoms with Gasteiger partial charge in [-0.2, -0.15) is 0 Å². The van der Waals surface area contributed by atoms with Crippen molar-refractivity contribution < 1.29 is 14.5 Å². The number of nitrogens with one attached hydrogen (secondary N) is 1. The van der Waals surface area contributed by atoms with Crippen LogP contribution in [0.15, 0.2) is 58.8 Å². The first kappa shape index (κ1) is 20.3. The SMILES string of the molecule is Cc1ccc(OCCNC(=O)c2ccc(Sc3nncn3C)c([N+](=O)[O-])c2)cc1. The average molecular weight is 413 g/mol. The maximum atomic E-state index is 12.3. The lowest BCUT2D eigenvalue weighted by Gasteiger charge is -2.09. The molecule has 2 aromatic carbocycles. The molecule has 3 rings (SSSR count). The Morgan fingerprint density at radius 2 is 2.03 bits per heavy atom. The number of amides is 1. The molecule has 150 valence electrons. The molecule has 0 aliphatic rings. The molecule has 0 spiro atoms. The number of ether oxygens (including phenoxy) is 1. The number of benzene rings is 2. The van der Waals surface area contributed by atoms with Gasteiger partial charge in [-0.05, 0) is 43.0 Å². The van der Waals surface area contributed by atoms with Crippen molar-refractivity contribution in [2.75, 3.05) is 13.2 Å². The van der Waals surface area contributed by atoms with Crippen molar-refractivity contribution in [3.8, 4) is 5.75 Å². The molecule has 1 N–H and O–H groups in total. The van der Waals surface area contributed by atoms with Gasteiger partial charge in [0, 0.05) is 18.7 Å². The molecule has 1 heterocycles. The van der Waals surface area contributed by atoms with Crippen molar-refractivity contribution in [3.05, 3.63) is 70.0 Å². The summed E-state index contributed by atoms with van der Waals surface area (Å²) < 4.78 is 7.21. The van der Waals surface area contributed by atoms with Gasteiger partial charge in [0.15, 0.2) is 5.16 Å². The number of carbonyl (C=O) groups excluding carboxylic acids is 1. The largest absolute Gasteiger partial charge is 0.492 e. The van der Waals surface area contributed by atoms with Crippen LogP contribution in [0.25, 0.3) is 0 Å². The Labute approximate surface area is 171 Å². The highest BCUT2D eigenvalue weighted by molar-refractivity contribution is 7.99. The quantitative estimate of drug-likeness (QED) is 0.343. The van der Waals surface area contributed by atoms with E-state index in [0.717, 1.165) is 17.3 Å². The Kier molecular flexibility index (Phi) is 6.45. The van der Waals surface area contributed by atoms with Crippen LogP contribution in [0, 0.1) is 17.0 Å². The van der Waals surface area contributed by atoms with E-state index in [9.17, 15) is 14.9 Å². The van der Waals surface area contributed by atoms with Gasteiger partial charge in [-0.15, -0.1) is 10.2 Å². The van der Waals surface area contributed by atoms with Crippen LogP contribution in [0.2, 0.25) is 0 Å². The lowest BCUT2D eigenvalue weighted by atomic mass is 10.2. The first-order valence-electron chi connectivity index (χ1n) is 8.72. The van der Waals surface area contributed by atoms with E-state index >= 15 is 0 Å². The van der Waals surface area contributed by atoms with Crippen molar-refractivity contribution in [1.82, 2.24) is 20.1 Å². The van der Waals surface area contributed by atoms with Crippen molar-refractivity contribution >= 4 is 23.4 Å². The van der Waals surface area contributed by atoms with Gasteiger partial charge in [0.1, 0.15) is 18.7 Å². The lowest BCUT2D eigenvalue weighted by Crippen LogP contribution is -2.28. The minimum atomic E-state index is -0.518. The first-order valence-corrected chi connectivity index (χ1v) is 9.53. The second kappa shape index (κ2) is 9.20. The summed E-state index contributed by atoms with van der Waals surface area (Å²) in [4.78, 5) is 23.6. The maximum absolute atomic E-state index is 12.3. The molecule has 0 saturated heterocycles. The summed E-state index contributed by atoms with van der Waals surface area (Å²) >= 11 is 1.11. The molecule has 3 aromatic rings. The minimum Gasteiger partial charge on any atom is -0.492 e. The fraction of sp³-hybridized carbons (Fsp3) is 0.211. The van der Waals surface area contributed by atoms with Crippen molar-refractivity contribution in [3.63, 3.8) is 0 Å². The Hall–Kier alpha value is -3.40. The number of nitro benzene ring substituents is 1. The summed E-state index contributed by atoms with van der Waals surface area (Å²) in [5.41, 5.74) is 1.17. The zero-order valence-corrected chi connectivity index (χ0v) is 16.7. The third kappa shape index (κ3) is 5.32. The van der Waals surface area contributed by atoms with Crippen LogP contribution in [-0.2, 0) is 7.05 Å². The summed E-state index contributed by atoms with van der Waals surface area (Å²) in [6.45, 7) is 2.55. The van der Waals surface area contributed by atoms with Gasteiger partial charge in [-0.25, -0.2) is 0 Å². The van der Waals surface area contributed by atoms with Gasteiger partial charge in [-0.3, -0.25) is 14.9 Å². The van der Waals surface area contributed by atoms with E-state index in [0.29, 0.717) is 15.8 Å². The van der Waals surface area contributed by atoms with Crippen LogP contribution >= 0.6 is 11.8 Å². The van der Waals surface area contributed by atoms with E-state index in [1.54, 1.807) is 17.7 Å². The van der Waals surface area contributed by atoms with Gasteiger partial charge >= 0.3 is 0 Å². The molecule has 1 amide bonds. The molecule has 0 unspecified atom stereocenters. The Morgan fingerprint density at radius 1 is 1.28 bits per heavy atom. The second-order valence-corrected chi connectivity index (χ2v) is 7.19. The van der Waals surface area contributed by atoms with Crippen LogP contribution in [0.5, 0.6) is 5.75 Å². The van der Waals surface area contributed by atoms with E-state index in [-0.39, 0.29) is 24.4 Å². The van der Waals surface area contributed by atoms with Gasteiger partial charge in [0.25, 0.3) is 11.6 Å². The van der Waals surface area contributed by atoms with Crippen molar-refractivity contribution in [2.45, 2.75) is 17.0 Å². The number of nitrogens with zero attached hydrogens (tertiary/aromatic N) is 4. The summed E-state index contributed by atoms with van der Waals surface area (Å²) in [7, 11) is 1.74. The highest BCUT2D eigenvalue weighted by Gasteiger charge is 2.20. The zero-order valence-electron chi connectivity index (χ0n) is 15.9. The summed E-state index contributed by atoms with van der Waals surface area (Å²) in [5, 5.41) is 22.3. The predicted molar refractivity (Wildman–Crippen MR) is 107 cm³/mol. The van der Waals surface area contributed by atoms with E-state index in [4.69, 9.17) is 4.74 Å². The molecule has 9 nitrogen and oxygen atoms in total. The molecule has 0 atom stereocenters. The van der Waals surface area contributed by atoms with Crippen molar-refractivity contribution in [1.29, 1.82) is 0 Å². The molecule has 10 heteroatoms. The predicted octanol–water partition coefficient (Wildman–Crippen LogP) is 2.99. The molecule has 1 aromatic heterocycles. The Bertz CT molecular complexity index is 1020. The van der Waals surface area contributed by atoms with Crippen molar-refractivity contribution in [2.24, 2.45) is 7.05 Å². The summed E-state index contributed by atoms with van der Waals surface area (Å²) in [6, 6.07) is 11.9. The van der Waals surface area contributed by atoms with Gasteiger partial charge in [0.05, 0.1) is 16.4 Å². The van der Waals surface area contributed by atoms with Crippen LogP contribution in [0.4, 0.5) is 5.69 Å². The molecular weight excluding hydrogens is 394 g/mol. The molecule has 0 bridgehead atoms. The maximum Gasteiger partial charge on any atom is 0.284 e. The van der Waals surface area contributed by atoms with Crippen LogP contribution < -0.4 is 10.1 Å². The standard InChI is InChI=1S/C19H19N5O4S/c1-13-3-6-15(7-4-13)28-10-9-20-18(25)14-5-8-17(16(11-14)24(26)27)29-19-22-21-12-23(19)2/h3-8,11-12H,9-10H2,1-2H3,(H,20,25). The number of aryl methyl sites for hydroxylation is 2. The molecule has 0 radical (unpaired) electrons. The zero-order chi connectivity index (χ0) is 20.8. The van der Waals surface area contributed by atoms with Crippen LogP contribution in [-0.4, -0.2) is 38.7 Å². The summed E-state index contributed by atoms with van der Waals surface area (Å²) in [5.74, 6) is 0.307. The second-order valence-electron chi connectivity index (χ2n) is 6.18. The topological polar surface area (TPSA) is 112 Å². The third-order valence-electron chi connectivity index (χ3n) is 3.97. The van der Waals surface area contributed by atoms with E-state index in [1.807, 2.05) is 31.2 Å². The lowest BCUT2D eigenvalue weighted by molar-refractivity contribution is -0.387. The number of nitro groups is 1. The third-order valence-corrected chi connectivity index (χ3v) is 5.08. The molecule has 0 aliphatic carbocycles. The normalized spacial score (nSPS) is 10.6. The Morgan fingerprint density at radius 3 is 2.69 bits per heavy atom. The average Bonchev–Trinajstić information content (AvgIpc) is 3.11. The molecular formula is C19H19N5O4S. The Balaban J connectivity index is 1.61. The van der Waals surface area contributed by atoms with E-state index < -0.39 is 10.8 Å². The molecule has 0 fully saturated rings. The number of carbonyl (C=O) groups is 1. The van der Waals surface area contributed by atoms with Gasteiger partial charge in [0.2, 0.25) is 0 Å².